The van der Waals surface area contributed by atoms with Crippen LogP contribution in [-0.2, 0) is 16.8 Å². The zero-order valence-electron chi connectivity index (χ0n) is 22.7. The van der Waals surface area contributed by atoms with Crippen molar-refractivity contribution in [2.75, 3.05) is 31.6 Å². The number of carboxylic acid groups (broad SMARTS) is 1. The number of aryl methyl sites for hydroxylation is 1. The molecule has 0 fully saturated rings. The number of pyridine rings is 1. The van der Waals surface area contributed by atoms with E-state index in [1.54, 1.807) is 4.90 Å². The summed E-state index contributed by atoms with van der Waals surface area (Å²) in [7, 11) is 1.97. The molecule has 0 amide bonds. The van der Waals surface area contributed by atoms with E-state index in [0.717, 1.165) is 34.8 Å². The van der Waals surface area contributed by atoms with Crippen LogP contribution < -0.4 is 9.64 Å². The topological polar surface area (TPSA) is 107 Å². The zero-order chi connectivity index (χ0) is 26.6. The lowest BCUT2D eigenvalue weighted by Crippen LogP contribution is -2.31. The maximum atomic E-state index is 13.5. The number of carbonyl (C=O) groups is 2. The Labute approximate surface area is 230 Å². The van der Waals surface area contributed by atoms with Crippen LogP contribution in [0.5, 0.6) is 5.75 Å². The molecule has 37 heavy (non-hydrogen) atoms. The minimum atomic E-state index is -0.806. The number of aliphatic carboxylic acids is 1. The molecule has 0 saturated carbocycles. The molecule has 0 atom stereocenters. The molecule has 2 N–H and O–H groups in total. The smallest absolute Gasteiger partial charge is 0.303 e. The van der Waals surface area contributed by atoms with Crippen LogP contribution in [0.4, 0.5) is 5.69 Å². The van der Waals surface area contributed by atoms with Crippen LogP contribution in [-0.4, -0.2) is 59.3 Å². The van der Waals surface area contributed by atoms with E-state index in [2.05, 4.69) is 30.7 Å². The number of carboxylic acids is 1. The van der Waals surface area contributed by atoms with Crippen molar-refractivity contribution in [3.8, 4) is 5.75 Å². The van der Waals surface area contributed by atoms with Crippen LogP contribution in [0.3, 0.4) is 0 Å². The van der Waals surface area contributed by atoms with Gasteiger partial charge < -0.3 is 19.6 Å². The standard InChI is InChI=1S/C28H38N4O4.BrH/c1-7-31(6)22-15-20(14-21(28(3,4)5)26(22)36-13-9-8-10-24(34)35)23(33)17-32-16-19-12-11-18(2)30-25(19)27(32)29;/h11-12,14-15,29H,7-10,13,16-17H2,1-6H3,(H,34,35);1H. The molecule has 0 aliphatic carbocycles. The number of carbonyl (C=O) groups excluding carboxylic acids is 1. The molecule has 3 rings (SSSR count). The molecule has 2 aromatic rings. The molecule has 9 heteroatoms. The van der Waals surface area contributed by atoms with Gasteiger partial charge >= 0.3 is 5.97 Å². The van der Waals surface area contributed by atoms with Crippen molar-refractivity contribution in [3.05, 3.63) is 52.3 Å². The van der Waals surface area contributed by atoms with Gasteiger partial charge in [-0.1, -0.05) is 26.8 Å². The van der Waals surface area contributed by atoms with Crippen molar-refractivity contribution in [1.29, 1.82) is 5.41 Å². The van der Waals surface area contributed by atoms with Gasteiger partial charge in [0.25, 0.3) is 0 Å². The summed E-state index contributed by atoms with van der Waals surface area (Å²) in [6.07, 6.45) is 1.31. The van der Waals surface area contributed by atoms with Crippen molar-refractivity contribution in [2.24, 2.45) is 0 Å². The lowest BCUT2D eigenvalue weighted by atomic mass is 9.84. The Balaban J connectivity index is 0.00000481. The first-order valence-corrected chi connectivity index (χ1v) is 12.5. The second kappa shape index (κ2) is 12.5. The molecule has 0 bridgehead atoms. The number of aromatic nitrogens is 1. The highest BCUT2D eigenvalue weighted by atomic mass is 79.9. The fourth-order valence-electron chi connectivity index (χ4n) is 4.24. The quantitative estimate of drug-likeness (QED) is 0.274. The van der Waals surface area contributed by atoms with E-state index in [0.29, 0.717) is 37.3 Å². The van der Waals surface area contributed by atoms with Crippen molar-refractivity contribution < 1.29 is 19.4 Å². The number of hydrogen-bond acceptors (Lipinski definition) is 6. The Morgan fingerprint density at radius 2 is 1.92 bits per heavy atom. The van der Waals surface area contributed by atoms with Crippen LogP contribution in [0.2, 0.25) is 0 Å². The van der Waals surface area contributed by atoms with Crippen LogP contribution >= 0.6 is 17.0 Å². The monoisotopic (exact) mass is 574 g/mol. The van der Waals surface area contributed by atoms with E-state index in [4.69, 9.17) is 15.3 Å². The first kappa shape index (κ1) is 30.3. The summed E-state index contributed by atoms with van der Waals surface area (Å²) >= 11 is 0. The van der Waals surface area contributed by atoms with Crippen LogP contribution in [0, 0.1) is 12.3 Å². The lowest BCUT2D eigenvalue weighted by molar-refractivity contribution is -0.137. The third-order valence-electron chi connectivity index (χ3n) is 6.47. The number of amidine groups is 1. The summed E-state index contributed by atoms with van der Waals surface area (Å²) in [6, 6.07) is 7.70. The molecule has 0 saturated heterocycles. The minimum Gasteiger partial charge on any atom is -0.491 e. The van der Waals surface area contributed by atoms with Gasteiger partial charge in [0.2, 0.25) is 0 Å². The molecule has 1 aliphatic heterocycles. The molecule has 202 valence electrons. The van der Waals surface area contributed by atoms with Gasteiger partial charge in [-0.25, -0.2) is 4.98 Å². The minimum absolute atomic E-state index is 0. The summed E-state index contributed by atoms with van der Waals surface area (Å²) in [4.78, 5) is 32.6. The molecule has 1 aromatic carbocycles. The Kier molecular flexibility index (Phi) is 10.3. The number of hydrogen-bond donors (Lipinski definition) is 2. The van der Waals surface area contributed by atoms with Gasteiger partial charge in [0.05, 0.1) is 18.8 Å². The summed E-state index contributed by atoms with van der Waals surface area (Å²) in [6.45, 7) is 11.9. The van der Waals surface area contributed by atoms with Gasteiger partial charge in [-0.15, -0.1) is 17.0 Å². The zero-order valence-corrected chi connectivity index (χ0v) is 24.4. The number of Topliss-reactive ketones (excluding diaryl/α,β-unsaturated/α-hetero) is 1. The Bertz CT molecular complexity index is 1160. The predicted octanol–water partition coefficient (Wildman–Crippen LogP) is 5.38. The third-order valence-corrected chi connectivity index (χ3v) is 6.47. The summed E-state index contributed by atoms with van der Waals surface area (Å²) in [5, 5.41) is 17.4. The molecule has 0 spiro atoms. The number of halogens is 1. The molecule has 0 radical (unpaired) electrons. The normalized spacial score (nSPS) is 12.7. The Morgan fingerprint density at radius 3 is 2.54 bits per heavy atom. The Hall–Kier alpha value is -2.94. The second-order valence-corrected chi connectivity index (χ2v) is 10.4. The second-order valence-electron chi connectivity index (χ2n) is 10.4. The SMILES string of the molecule is Br.CCN(C)c1cc(C(=O)CN2Cc3ccc(C)nc3C2=N)cc(C(C)(C)C)c1OCCCCC(=O)O. The van der Waals surface area contributed by atoms with Gasteiger partial charge in [-0.05, 0) is 50.3 Å². The first-order chi connectivity index (χ1) is 16.9. The lowest BCUT2D eigenvalue weighted by Gasteiger charge is -2.29. The number of ether oxygens (including phenoxy) is 1. The molecule has 1 aliphatic rings. The number of nitrogens with one attached hydrogen (secondary N) is 1. The molecule has 8 nitrogen and oxygen atoms in total. The number of anilines is 1. The number of benzene rings is 1. The number of unbranched alkanes of at least 4 members (excludes halogenated alkanes) is 1. The number of fused-ring (bicyclic) bond motifs is 1. The van der Waals surface area contributed by atoms with E-state index in [1.807, 2.05) is 45.2 Å². The van der Waals surface area contributed by atoms with Crippen molar-refractivity contribution in [1.82, 2.24) is 9.88 Å². The van der Waals surface area contributed by atoms with Gasteiger partial charge in [0.15, 0.2) is 5.78 Å². The third kappa shape index (κ3) is 7.31. The number of rotatable bonds is 11. The average molecular weight is 576 g/mol. The summed E-state index contributed by atoms with van der Waals surface area (Å²) < 4.78 is 6.24. The van der Waals surface area contributed by atoms with Crippen LogP contribution in [0.1, 0.15) is 79.8 Å². The predicted molar refractivity (Wildman–Crippen MR) is 152 cm³/mol. The maximum Gasteiger partial charge on any atom is 0.303 e. The van der Waals surface area contributed by atoms with E-state index in [9.17, 15) is 9.59 Å². The van der Waals surface area contributed by atoms with E-state index < -0.39 is 5.97 Å². The maximum absolute atomic E-state index is 13.5. The van der Waals surface area contributed by atoms with Crippen LogP contribution in [0.25, 0.3) is 0 Å². The average Bonchev–Trinajstić information content (AvgIpc) is 3.11. The van der Waals surface area contributed by atoms with E-state index in [1.165, 1.54) is 0 Å². The summed E-state index contributed by atoms with van der Waals surface area (Å²) in [5.74, 6) is 0.151. The fourth-order valence-corrected chi connectivity index (χ4v) is 4.24. The molecule has 2 heterocycles. The highest BCUT2D eigenvalue weighted by Crippen LogP contribution is 2.40. The summed E-state index contributed by atoms with van der Waals surface area (Å²) in [5.41, 5.74) is 4.54. The first-order valence-electron chi connectivity index (χ1n) is 12.5. The van der Waals surface area contributed by atoms with Gasteiger partial charge in [0, 0.05) is 48.9 Å². The fraction of sp³-hybridized carbons (Fsp3) is 0.500. The Morgan fingerprint density at radius 1 is 1.22 bits per heavy atom. The number of ketones is 1. The van der Waals surface area contributed by atoms with Gasteiger partial charge in [0.1, 0.15) is 17.3 Å². The van der Waals surface area contributed by atoms with Gasteiger partial charge in [-0.3, -0.25) is 15.0 Å². The van der Waals surface area contributed by atoms with Crippen LogP contribution in [0.15, 0.2) is 24.3 Å². The van der Waals surface area contributed by atoms with Gasteiger partial charge in [-0.2, -0.15) is 0 Å². The molecular weight excluding hydrogens is 536 g/mol. The highest BCUT2D eigenvalue weighted by Gasteiger charge is 2.30. The molecule has 0 unspecified atom stereocenters. The van der Waals surface area contributed by atoms with Crippen molar-refractivity contribution in [2.45, 2.75) is 65.8 Å². The molecule has 1 aromatic heterocycles. The largest absolute Gasteiger partial charge is 0.491 e. The highest BCUT2D eigenvalue weighted by molar-refractivity contribution is 8.93. The van der Waals surface area contributed by atoms with Crippen molar-refractivity contribution in [3.63, 3.8) is 0 Å². The molecular formula is C28H39BrN4O4. The van der Waals surface area contributed by atoms with E-state index >= 15 is 0 Å². The number of nitrogens with zero attached hydrogens (tertiary/aromatic N) is 3. The van der Waals surface area contributed by atoms with Crippen molar-refractivity contribution >= 4 is 40.3 Å². The van der Waals surface area contributed by atoms with E-state index in [-0.39, 0.29) is 47.0 Å².